The Morgan fingerprint density at radius 3 is 2.69 bits per heavy atom. The molecule has 0 spiro atoms. The molecule has 0 saturated carbocycles. The molecule has 0 radical (unpaired) electrons. The zero-order chi connectivity index (χ0) is 11.5. The van der Waals surface area contributed by atoms with Crippen LogP contribution in [0.4, 0.5) is 10.5 Å². The number of nitrogens with zero attached hydrogens (tertiary/aromatic N) is 1. The molecular formula is C11H11NO4. The largest absolute Gasteiger partial charge is 0.506 e. The molecule has 2 rings (SSSR count). The summed E-state index contributed by atoms with van der Waals surface area (Å²) in [5.74, 6) is -0.298. The second kappa shape index (κ2) is 4.22. The van der Waals surface area contributed by atoms with E-state index in [4.69, 9.17) is 5.11 Å². The molecular weight excluding hydrogens is 210 g/mol. The van der Waals surface area contributed by atoms with Gasteiger partial charge in [-0.1, -0.05) is 18.2 Å². The topological polar surface area (TPSA) is 66.8 Å². The van der Waals surface area contributed by atoms with E-state index in [1.165, 1.54) is 4.90 Å². The maximum atomic E-state index is 11.8. The van der Waals surface area contributed by atoms with E-state index in [0.29, 0.717) is 13.0 Å². The van der Waals surface area contributed by atoms with Crippen LogP contribution < -0.4 is 4.90 Å². The van der Waals surface area contributed by atoms with Crippen LogP contribution in [0.1, 0.15) is 6.42 Å². The van der Waals surface area contributed by atoms with Gasteiger partial charge in [-0.3, -0.25) is 4.79 Å². The third-order valence-corrected chi connectivity index (χ3v) is 2.47. The highest BCUT2D eigenvalue weighted by Gasteiger charge is 2.35. The van der Waals surface area contributed by atoms with Gasteiger partial charge in [0.1, 0.15) is 0 Å². The van der Waals surface area contributed by atoms with Crippen molar-refractivity contribution >= 4 is 17.7 Å². The molecule has 1 aliphatic heterocycles. The highest BCUT2D eigenvalue weighted by molar-refractivity contribution is 5.99. The molecule has 0 aliphatic carbocycles. The summed E-state index contributed by atoms with van der Waals surface area (Å²) in [6, 6.07) is 9.12. The van der Waals surface area contributed by atoms with E-state index in [0.717, 1.165) is 5.69 Å². The molecule has 1 aromatic carbocycles. The zero-order valence-corrected chi connectivity index (χ0v) is 8.50. The van der Waals surface area contributed by atoms with Crippen LogP contribution in [-0.2, 0) is 9.53 Å². The van der Waals surface area contributed by atoms with Crippen molar-refractivity contribution < 1.29 is 19.4 Å². The fourth-order valence-corrected chi connectivity index (χ4v) is 1.75. The summed E-state index contributed by atoms with van der Waals surface area (Å²) in [5, 5.41) is 8.46. The van der Waals surface area contributed by atoms with Crippen LogP contribution >= 0.6 is 0 Å². The van der Waals surface area contributed by atoms with Crippen LogP contribution in [0.3, 0.4) is 0 Å². The van der Waals surface area contributed by atoms with Crippen molar-refractivity contribution in [3.63, 3.8) is 0 Å². The molecule has 1 saturated heterocycles. The molecule has 5 nitrogen and oxygen atoms in total. The Hall–Kier alpha value is -2.04. The van der Waals surface area contributed by atoms with E-state index in [1.807, 2.05) is 18.2 Å². The quantitative estimate of drug-likeness (QED) is 0.768. The maximum Gasteiger partial charge on any atom is 0.506 e. The number of carbonyl (C=O) groups is 2. The Balaban J connectivity index is 2.11. The highest BCUT2D eigenvalue weighted by atomic mass is 16.7. The molecule has 0 aromatic heterocycles. The Morgan fingerprint density at radius 2 is 2.06 bits per heavy atom. The van der Waals surface area contributed by atoms with Gasteiger partial charge in [0.05, 0.1) is 0 Å². The molecule has 1 unspecified atom stereocenters. The van der Waals surface area contributed by atoms with Crippen LogP contribution in [-0.4, -0.2) is 29.8 Å². The van der Waals surface area contributed by atoms with Crippen LogP contribution in [0.25, 0.3) is 0 Å². The molecule has 1 atom stereocenters. The van der Waals surface area contributed by atoms with Crippen molar-refractivity contribution in [3.8, 4) is 0 Å². The first-order chi connectivity index (χ1) is 7.68. The number of hydrogen-bond donors (Lipinski definition) is 1. The summed E-state index contributed by atoms with van der Waals surface area (Å²) in [6.07, 6.45) is -1.87. The predicted molar refractivity (Wildman–Crippen MR) is 56.3 cm³/mol. The first-order valence-electron chi connectivity index (χ1n) is 4.94. The Kier molecular flexibility index (Phi) is 2.76. The van der Waals surface area contributed by atoms with Gasteiger partial charge in [0.25, 0.3) is 5.91 Å². The van der Waals surface area contributed by atoms with E-state index in [9.17, 15) is 9.59 Å². The van der Waals surface area contributed by atoms with Gasteiger partial charge in [-0.2, -0.15) is 0 Å². The molecule has 84 valence electrons. The minimum atomic E-state index is -1.41. The number of hydrogen-bond acceptors (Lipinski definition) is 3. The van der Waals surface area contributed by atoms with Gasteiger partial charge in [-0.15, -0.1) is 0 Å². The standard InChI is InChI=1S/C11H11NO4/c13-10-9(16-11(14)15)6-7-12(10)8-4-2-1-3-5-8/h1-5,9H,6-7H2,(H,14,15). The lowest BCUT2D eigenvalue weighted by atomic mass is 10.3. The second-order valence-electron chi connectivity index (χ2n) is 3.49. The number of rotatable bonds is 2. The number of benzene rings is 1. The van der Waals surface area contributed by atoms with E-state index in [-0.39, 0.29) is 5.91 Å². The third kappa shape index (κ3) is 1.98. The SMILES string of the molecule is O=C(O)OC1CCN(c2ccccc2)C1=O. The maximum absolute atomic E-state index is 11.8. The number of amides is 1. The molecule has 1 fully saturated rings. The molecule has 5 heteroatoms. The first-order valence-corrected chi connectivity index (χ1v) is 4.94. The summed E-state index contributed by atoms with van der Waals surface area (Å²) in [6.45, 7) is 0.487. The van der Waals surface area contributed by atoms with Crippen LogP contribution in [0.5, 0.6) is 0 Å². The average Bonchev–Trinajstić information content (AvgIpc) is 2.61. The van der Waals surface area contributed by atoms with Crippen molar-refractivity contribution in [3.05, 3.63) is 30.3 Å². The monoisotopic (exact) mass is 221 g/mol. The molecule has 1 aliphatic rings. The minimum Gasteiger partial charge on any atom is -0.450 e. The summed E-state index contributed by atoms with van der Waals surface area (Å²) in [5.41, 5.74) is 0.768. The first kappa shape index (κ1) is 10.5. The fraction of sp³-hybridized carbons (Fsp3) is 0.273. The Labute approximate surface area is 92.2 Å². The molecule has 1 amide bonds. The average molecular weight is 221 g/mol. The van der Waals surface area contributed by atoms with E-state index >= 15 is 0 Å². The normalized spacial score (nSPS) is 19.9. The zero-order valence-electron chi connectivity index (χ0n) is 8.50. The summed E-state index contributed by atoms with van der Waals surface area (Å²) in [4.78, 5) is 23.7. The minimum absolute atomic E-state index is 0.298. The smallest absolute Gasteiger partial charge is 0.450 e. The van der Waals surface area contributed by atoms with E-state index in [2.05, 4.69) is 4.74 Å². The number of anilines is 1. The molecule has 1 aromatic rings. The Morgan fingerprint density at radius 1 is 1.38 bits per heavy atom. The van der Waals surface area contributed by atoms with Crippen LogP contribution in [0.2, 0.25) is 0 Å². The van der Waals surface area contributed by atoms with Gasteiger partial charge >= 0.3 is 6.16 Å². The number of carboxylic acid groups (broad SMARTS) is 1. The fourth-order valence-electron chi connectivity index (χ4n) is 1.75. The number of carbonyl (C=O) groups excluding carboxylic acids is 1. The second-order valence-corrected chi connectivity index (χ2v) is 3.49. The van der Waals surface area contributed by atoms with Crippen molar-refractivity contribution in [2.45, 2.75) is 12.5 Å². The molecule has 1 N–H and O–H groups in total. The van der Waals surface area contributed by atoms with Gasteiger partial charge in [0.15, 0.2) is 6.10 Å². The molecule has 16 heavy (non-hydrogen) atoms. The Bertz CT molecular complexity index is 404. The lowest BCUT2D eigenvalue weighted by Gasteiger charge is -2.15. The van der Waals surface area contributed by atoms with E-state index < -0.39 is 12.3 Å². The highest BCUT2D eigenvalue weighted by Crippen LogP contribution is 2.22. The molecule has 0 bridgehead atoms. The van der Waals surface area contributed by atoms with Crippen molar-refractivity contribution in [2.75, 3.05) is 11.4 Å². The van der Waals surface area contributed by atoms with Crippen molar-refractivity contribution in [2.24, 2.45) is 0 Å². The van der Waals surface area contributed by atoms with Gasteiger partial charge in [0.2, 0.25) is 0 Å². The van der Waals surface area contributed by atoms with Gasteiger partial charge in [-0.25, -0.2) is 4.79 Å². The van der Waals surface area contributed by atoms with Crippen LogP contribution in [0.15, 0.2) is 30.3 Å². The summed E-state index contributed by atoms with van der Waals surface area (Å²) in [7, 11) is 0. The van der Waals surface area contributed by atoms with Crippen LogP contribution in [0, 0.1) is 0 Å². The van der Waals surface area contributed by atoms with Crippen molar-refractivity contribution in [1.82, 2.24) is 0 Å². The summed E-state index contributed by atoms with van der Waals surface area (Å²) >= 11 is 0. The van der Waals surface area contributed by atoms with Gasteiger partial charge in [0, 0.05) is 18.7 Å². The van der Waals surface area contributed by atoms with Gasteiger partial charge in [-0.05, 0) is 12.1 Å². The molecule has 1 heterocycles. The number of para-hydroxylation sites is 1. The lowest BCUT2D eigenvalue weighted by molar-refractivity contribution is -0.125. The summed E-state index contributed by atoms with van der Waals surface area (Å²) < 4.78 is 4.50. The van der Waals surface area contributed by atoms with E-state index in [1.54, 1.807) is 12.1 Å². The van der Waals surface area contributed by atoms with Gasteiger partial charge < -0.3 is 14.7 Å². The van der Waals surface area contributed by atoms with Crippen molar-refractivity contribution in [1.29, 1.82) is 0 Å². The third-order valence-electron chi connectivity index (χ3n) is 2.47. The predicted octanol–water partition coefficient (Wildman–Crippen LogP) is 1.49. The lowest BCUT2D eigenvalue weighted by Crippen LogP contribution is -2.31. The number of ether oxygens (including phenoxy) is 1.